The second-order valence-electron chi connectivity index (χ2n) is 17.1. The van der Waals surface area contributed by atoms with Crippen molar-refractivity contribution in [2.24, 2.45) is 58.0 Å². The van der Waals surface area contributed by atoms with Crippen molar-refractivity contribution >= 4 is 0 Å². The van der Waals surface area contributed by atoms with Crippen LogP contribution in [0, 0.1) is 52.3 Å². The van der Waals surface area contributed by atoms with Crippen molar-refractivity contribution in [1.82, 2.24) is 5.32 Å². The molecule has 0 aromatic carbocycles. The highest BCUT2D eigenvalue weighted by Crippen LogP contribution is 2.68. The third-order valence-electron chi connectivity index (χ3n) is 13.9. The van der Waals surface area contributed by atoms with Gasteiger partial charge in [-0.2, -0.15) is 0 Å². The second-order valence-corrected chi connectivity index (χ2v) is 17.1. The molecule has 0 saturated heterocycles. The van der Waals surface area contributed by atoms with Crippen LogP contribution in [0.4, 0.5) is 0 Å². The molecule has 0 aliphatic heterocycles. The molecule has 0 heterocycles. The zero-order valence-electron chi connectivity index (χ0n) is 29.0. The molecular weight excluding hydrogens is 512 g/mol. The molecule has 0 radical (unpaired) electrons. The van der Waals surface area contributed by atoms with Gasteiger partial charge in [0, 0.05) is 6.04 Å². The quantitative estimate of drug-likeness (QED) is 0.140. The van der Waals surface area contributed by atoms with Crippen LogP contribution in [0.15, 0.2) is 0 Å². The minimum Gasteiger partial charge on any atom is -0.393 e. The van der Waals surface area contributed by atoms with E-state index in [1.165, 1.54) is 129 Å². The van der Waals surface area contributed by atoms with E-state index in [0.717, 1.165) is 54.9 Å². The Morgan fingerprint density at radius 3 is 1.98 bits per heavy atom. The van der Waals surface area contributed by atoms with E-state index in [0.29, 0.717) is 22.8 Å². The highest BCUT2D eigenvalue weighted by atomic mass is 16.3. The van der Waals surface area contributed by atoms with E-state index in [1.807, 2.05) is 0 Å². The molecule has 4 aliphatic rings. The van der Waals surface area contributed by atoms with Gasteiger partial charge in [-0.3, -0.25) is 0 Å². The van der Waals surface area contributed by atoms with Gasteiger partial charge in [-0.25, -0.2) is 0 Å². The average Bonchev–Trinajstić information content (AvgIpc) is 3.31. The van der Waals surface area contributed by atoms with Crippen molar-refractivity contribution in [2.75, 3.05) is 13.1 Å². The van der Waals surface area contributed by atoms with Crippen LogP contribution in [-0.4, -0.2) is 30.3 Å². The van der Waals surface area contributed by atoms with E-state index in [4.69, 9.17) is 5.73 Å². The van der Waals surface area contributed by atoms with E-state index >= 15 is 0 Å². The van der Waals surface area contributed by atoms with Gasteiger partial charge in [0.25, 0.3) is 0 Å². The van der Waals surface area contributed by atoms with E-state index in [2.05, 4.69) is 39.9 Å². The maximum Gasteiger partial charge on any atom is 0.0543 e. The fourth-order valence-corrected chi connectivity index (χ4v) is 11.5. The van der Waals surface area contributed by atoms with E-state index < -0.39 is 0 Å². The maximum absolute atomic E-state index is 10.8. The lowest BCUT2D eigenvalue weighted by molar-refractivity contribution is -0.141. The monoisotopic (exact) mass is 587 g/mol. The van der Waals surface area contributed by atoms with Gasteiger partial charge >= 0.3 is 0 Å². The first-order valence-electron chi connectivity index (χ1n) is 19.3. The fraction of sp³-hybridized carbons (Fsp3) is 1.00. The predicted octanol–water partition coefficient (Wildman–Crippen LogP) is 9.90. The first-order chi connectivity index (χ1) is 20.2. The third-order valence-corrected chi connectivity index (χ3v) is 13.9. The Bertz CT molecular complexity index is 769. The Balaban J connectivity index is 1.30. The van der Waals surface area contributed by atoms with Gasteiger partial charge in [-0.05, 0) is 130 Å². The van der Waals surface area contributed by atoms with E-state index in [9.17, 15) is 5.11 Å². The molecule has 0 aromatic rings. The normalized spacial score (nSPS) is 38.7. The predicted molar refractivity (Wildman–Crippen MR) is 181 cm³/mol. The van der Waals surface area contributed by atoms with Gasteiger partial charge in [0.1, 0.15) is 0 Å². The summed E-state index contributed by atoms with van der Waals surface area (Å²) in [6.45, 7) is 14.8. The molecule has 0 spiro atoms. The number of unbranched alkanes of at least 4 members (excludes halogenated alkanes) is 9. The first-order valence-corrected chi connectivity index (χ1v) is 19.3. The Hall–Kier alpha value is -0.120. The van der Waals surface area contributed by atoms with Gasteiger partial charge in [0.15, 0.2) is 0 Å². The van der Waals surface area contributed by atoms with Crippen molar-refractivity contribution in [2.45, 2.75) is 182 Å². The second kappa shape index (κ2) is 16.4. The van der Waals surface area contributed by atoms with Crippen molar-refractivity contribution in [3.05, 3.63) is 0 Å². The molecule has 4 unspecified atom stereocenters. The first kappa shape index (κ1) is 34.7. The Morgan fingerprint density at radius 2 is 1.31 bits per heavy atom. The summed E-state index contributed by atoms with van der Waals surface area (Å²) in [4.78, 5) is 0. The SMILES string of the molecule is CC(C)CCC[C@@H](C)[C@H]1CCC2C3C[C@@H](NCCCCCCCCCCCCN)C4C[C@@H](O)CC[C@]4(C)C3CC[C@@]21C. The van der Waals surface area contributed by atoms with Crippen LogP contribution in [0.2, 0.25) is 0 Å². The van der Waals surface area contributed by atoms with E-state index in [-0.39, 0.29) is 6.10 Å². The van der Waals surface area contributed by atoms with Crippen LogP contribution in [0.5, 0.6) is 0 Å². The molecule has 0 amide bonds. The van der Waals surface area contributed by atoms with Crippen LogP contribution in [0.25, 0.3) is 0 Å². The minimum absolute atomic E-state index is 0.0735. The lowest BCUT2D eigenvalue weighted by atomic mass is 9.43. The van der Waals surface area contributed by atoms with Crippen LogP contribution >= 0.6 is 0 Å². The number of nitrogens with two attached hydrogens (primary N) is 1. The number of hydrogen-bond donors (Lipinski definition) is 3. The summed E-state index contributed by atoms with van der Waals surface area (Å²) < 4.78 is 0. The third kappa shape index (κ3) is 8.37. The molecule has 4 aliphatic carbocycles. The topological polar surface area (TPSA) is 58.3 Å². The lowest BCUT2D eigenvalue weighted by Gasteiger charge is -2.63. The number of nitrogens with one attached hydrogen (secondary N) is 1. The molecule has 4 rings (SSSR count). The van der Waals surface area contributed by atoms with Gasteiger partial charge in [0.05, 0.1) is 6.10 Å². The van der Waals surface area contributed by atoms with Crippen LogP contribution in [-0.2, 0) is 0 Å². The number of fused-ring (bicyclic) bond motifs is 5. The van der Waals surface area contributed by atoms with E-state index in [1.54, 1.807) is 0 Å². The molecule has 3 nitrogen and oxygen atoms in total. The molecule has 4 N–H and O–H groups in total. The fourth-order valence-electron chi connectivity index (χ4n) is 11.5. The number of aliphatic hydroxyl groups is 1. The van der Waals surface area contributed by atoms with Crippen LogP contribution < -0.4 is 11.1 Å². The average molecular weight is 587 g/mol. The zero-order chi connectivity index (χ0) is 30.2. The molecule has 3 heteroatoms. The van der Waals surface area contributed by atoms with Crippen molar-refractivity contribution in [3.8, 4) is 0 Å². The zero-order valence-corrected chi connectivity index (χ0v) is 29.0. The summed E-state index contributed by atoms with van der Waals surface area (Å²) in [5.41, 5.74) is 6.60. The highest BCUT2D eigenvalue weighted by Gasteiger charge is 2.62. The largest absolute Gasteiger partial charge is 0.393 e. The van der Waals surface area contributed by atoms with Crippen molar-refractivity contribution < 1.29 is 5.11 Å². The van der Waals surface area contributed by atoms with Gasteiger partial charge < -0.3 is 16.2 Å². The molecule has 10 atom stereocenters. The standard InChI is InChI=1S/C39H74N2O/c1-29(2)17-16-18-30(3)33-19-20-34-32-28-37(41-26-15-13-11-9-7-6-8-10-12-14-25-40)36-27-31(42)21-23-39(36,5)35(32)22-24-38(33,34)4/h29-37,41-42H,6-28,40H2,1-5H3/t30-,31+,32?,33-,34?,35?,36?,37-,38-,39-/m1/s1. The smallest absolute Gasteiger partial charge is 0.0543 e. The number of aliphatic hydroxyl groups excluding tert-OH is 1. The number of hydrogen-bond acceptors (Lipinski definition) is 3. The molecule has 4 saturated carbocycles. The summed E-state index contributed by atoms with van der Waals surface area (Å²) in [7, 11) is 0. The Morgan fingerprint density at radius 1 is 0.690 bits per heavy atom. The van der Waals surface area contributed by atoms with Crippen molar-refractivity contribution in [1.29, 1.82) is 0 Å². The Kier molecular flexibility index (Phi) is 13.6. The summed E-state index contributed by atoms with van der Waals surface area (Å²) in [5.74, 6) is 6.04. The number of rotatable bonds is 18. The lowest BCUT2D eigenvalue weighted by Crippen LogP contribution is -2.61. The van der Waals surface area contributed by atoms with Gasteiger partial charge in [-0.15, -0.1) is 0 Å². The highest BCUT2D eigenvalue weighted by molar-refractivity contribution is 5.12. The molecule has 0 bridgehead atoms. The van der Waals surface area contributed by atoms with Gasteiger partial charge in [0.2, 0.25) is 0 Å². The molecule has 0 aromatic heterocycles. The summed E-state index contributed by atoms with van der Waals surface area (Å²) in [6.07, 6.45) is 28.4. The maximum atomic E-state index is 10.8. The molecular formula is C39H74N2O. The molecule has 4 fully saturated rings. The summed E-state index contributed by atoms with van der Waals surface area (Å²) >= 11 is 0. The molecule has 42 heavy (non-hydrogen) atoms. The van der Waals surface area contributed by atoms with Crippen LogP contribution in [0.3, 0.4) is 0 Å². The Labute approximate surface area is 262 Å². The van der Waals surface area contributed by atoms with Gasteiger partial charge in [-0.1, -0.05) is 105 Å². The molecule has 246 valence electrons. The minimum atomic E-state index is -0.0735. The van der Waals surface area contributed by atoms with Crippen LogP contribution in [0.1, 0.15) is 169 Å². The summed E-state index contributed by atoms with van der Waals surface area (Å²) in [6, 6.07) is 0.615. The summed E-state index contributed by atoms with van der Waals surface area (Å²) in [5, 5.41) is 15.0. The van der Waals surface area contributed by atoms with Crippen molar-refractivity contribution in [3.63, 3.8) is 0 Å².